The first kappa shape index (κ1) is 19.1. The predicted octanol–water partition coefficient (Wildman–Crippen LogP) is 4.73. The van der Waals surface area contributed by atoms with Gasteiger partial charge in [0.25, 0.3) is 5.69 Å². The van der Waals surface area contributed by atoms with Crippen molar-refractivity contribution in [2.75, 3.05) is 0 Å². The molecule has 136 valence electrons. The molecule has 9 heteroatoms. The van der Waals surface area contributed by atoms with Crippen LogP contribution in [-0.4, -0.2) is 23.2 Å². The average molecular weight is 369 g/mol. The second kappa shape index (κ2) is 7.77. The maximum absolute atomic E-state index is 12.9. The van der Waals surface area contributed by atoms with E-state index in [9.17, 15) is 32.5 Å². The van der Waals surface area contributed by atoms with Crippen LogP contribution in [0.2, 0.25) is 0 Å². The Labute approximate surface area is 144 Å². The fraction of sp³-hybridized carbons (Fsp3) is 0.118. The van der Waals surface area contributed by atoms with Gasteiger partial charge in [-0.15, -0.1) is 0 Å². The molecule has 0 saturated heterocycles. The van der Waals surface area contributed by atoms with Crippen molar-refractivity contribution < 1.29 is 32.0 Å². The zero-order chi connectivity index (χ0) is 19.3. The number of para-hydroxylation sites is 1. The zero-order valence-corrected chi connectivity index (χ0v) is 12.9. The number of ketones is 1. The Bertz CT molecular complexity index is 852. The van der Waals surface area contributed by atoms with Gasteiger partial charge >= 0.3 is 12.5 Å². The van der Waals surface area contributed by atoms with E-state index in [2.05, 4.69) is 4.74 Å². The molecule has 0 fully saturated rings. The highest BCUT2D eigenvalue weighted by atomic mass is 19.3. The molecule has 2 aromatic carbocycles. The number of rotatable bonds is 7. The van der Waals surface area contributed by atoms with Crippen LogP contribution >= 0.6 is 0 Å². The highest BCUT2D eigenvalue weighted by Gasteiger charge is 2.44. The largest absolute Gasteiger partial charge is 0.461 e. The second-order valence-electron chi connectivity index (χ2n) is 5.01. The molecule has 0 aliphatic rings. The summed E-state index contributed by atoms with van der Waals surface area (Å²) in [6.07, 6.45) is -6.52. The smallest absolute Gasteiger partial charge is 0.428 e. The van der Waals surface area contributed by atoms with E-state index in [0.29, 0.717) is 0 Å². The molecule has 0 heterocycles. The third kappa shape index (κ3) is 4.65. The summed E-state index contributed by atoms with van der Waals surface area (Å²) in [5.74, 6) is -1.28. The number of hydrogen-bond donors (Lipinski definition) is 0. The third-order valence-electron chi connectivity index (χ3n) is 3.17. The van der Waals surface area contributed by atoms with E-state index in [4.69, 9.17) is 0 Å². The van der Waals surface area contributed by atoms with Crippen molar-refractivity contribution in [1.82, 2.24) is 0 Å². The van der Waals surface area contributed by atoms with Crippen molar-refractivity contribution in [2.45, 2.75) is 12.5 Å². The number of carbonyl (C=O) groups is 1. The first-order chi connectivity index (χ1) is 12.2. The van der Waals surface area contributed by atoms with Crippen molar-refractivity contribution in [3.63, 3.8) is 0 Å². The van der Waals surface area contributed by atoms with Gasteiger partial charge < -0.3 is 4.74 Å². The Morgan fingerprint density at radius 2 is 1.85 bits per heavy atom. The van der Waals surface area contributed by atoms with Gasteiger partial charge in [-0.3, -0.25) is 14.9 Å². The lowest BCUT2D eigenvalue weighted by Gasteiger charge is -2.16. The number of hydrogen-bond acceptors (Lipinski definition) is 4. The van der Waals surface area contributed by atoms with Crippen molar-refractivity contribution >= 4 is 17.5 Å². The van der Waals surface area contributed by atoms with Gasteiger partial charge in [-0.1, -0.05) is 24.3 Å². The molecule has 0 bridgehead atoms. The molecule has 0 saturated carbocycles. The van der Waals surface area contributed by atoms with E-state index in [1.807, 2.05) is 0 Å². The zero-order valence-electron chi connectivity index (χ0n) is 12.9. The van der Waals surface area contributed by atoms with Crippen LogP contribution in [0.3, 0.4) is 0 Å². The van der Waals surface area contributed by atoms with E-state index in [1.54, 1.807) is 0 Å². The summed E-state index contributed by atoms with van der Waals surface area (Å²) in [6, 6.07) is 10.00. The minimum Gasteiger partial charge on any atom is -0.428 e. The number of halogens is 4. The lowest BCUT2D eigenvalue weighted by molar-refractivity contribution is -0.385. The molecule has 0 radical (unpaired) electrons. The molecule has 0 N–H and O–H groups in total. The molecule has 5 nitrogen and oxygen atoms in total. The van der Waals surface area contributed by atoms with Crippen LogP contribution in [0.25, 0.3) is 6.08 Å². The molecule has 0 aromatic heterocycles. The van der Waals surface area contributed by atoms with Gasteiger partial charge in [0.2, 0.25) is 0 Å². The van der Waals surface area contributed by atoms with E-state index < -0.39 is 29.0 Å². The van der Waals surface area contributed by atoms with Crippen LogP contribution in [0.15, 0.2) is 54.6 Å². The predicted molar refractivity (Wildman–Crippen MR) is 84.5 cm³/mol. The van der Waals surface area contributed by atoms with Gasteiger partial charge in [-0.25, -0.2) is 0 Å². The van der Waals surface area contributed by atoms with Gasteiger partial charge in [0.1, 0.15) is 5.75 Å². The quantitative estimate of drug-likeness (QED) is 0.233. The molecular formula is C17H11F4NO4. The Morgan fingerprint density at radius 1 is 1.15 bits per heavy atom. The van der Waals surface area contributed by atoms with Gasteiger partial charge in [0, 0.05) is 11.6 Å². The van der Waals surface area contributed by atoms with E-state index >= 15 is 0 Å². The van der Waals surface area contributed by atoms with Crippen LogP contribution in [0.5, 0.6) is 5.75 Å². The highest BCUT2D eigenvalue weighted by molar-refractivity contribution is 6.07. The molecule has 0 spiro atoms. The molecule has 2 aromatic rings. The van der Waals surface area contributed by atoms with Crippen LogP contribution in [-0.2, 0) is 0 Å². The van der Waals surface area contributed by atoms with Crippen LogP contribution < -0.4 is 4.74 Å². The van der Waals surface area contributed by atoms with Gasteiger partial charge in [-0.2, -0.15) is 17.6 Å². The van der Waals surface area contributed by atoms with E-state index in [1.165, 1.54) is 42.5 Å². The standard InChI is InChI=1S/C17H11F4NO4/c18-16(19)17(20,21)26-13-6-3-5-12(10-13)15(23)9-8-11-4-1-2-7-14(11)22(24)25/h1-10,16H/b9-8+. The van der Waals surface area contributed by atoms with E-state index in [-0.39, 0.29) is 16.8 Å². The van der Waals surface area contributed by atoms with Gasteiger partial charge in [0.15, 0.2) is 5.78 Å². The molecule has 26 heavy (non-hydrogen) atoms. The fourth-order valence-corrected chi connectivity index (χ4v) is 1.97. The molecule has 0 aliphatic carbocycles. The summed E-state index contributed by atoms with van der Waals surface area (Å²) in [6.45, 7) is 0. The molecule has 0 unspecified atom stereocenters. The summed E-state index contributed by atoms with van der Waals surface area (Å²) in [5, 5.41) is 10.9. The molecule has 2 rings (SSSR count). The summed E-state index contributed by atoms with van der Waals surface area (Å²) >= 11 is 0. The van der Waals surface area contributed by atoms with Crippen molar-refractivity contribution in [1.29, 1.82) is 0 Å². The number of nitro groups is 1. The third-order valence-corrected chi connectivity index (χ3v) is 3.17. The number of nitro benzene ring substituents is 1. The Hall–Kier alpha value is -3.23. The normalized spacial score (nSPS) is 11.7. The average Bonchev–Trinajstić information content (AvgIpc) is 2.59. The Kier molecular flexibility index (Phi) is 5.71. The summed E-state index contributed by atoms with van der Waals surface area (Å²) in [5.41, 5.74) is -0.157. The van der Waals surface area contributed by atoms with Crippen molar-refractivity contribution in [3.05, 3.63) is 75.8 Å². The van der Waals surface area contributed by atoms with Crippen LogP contribution in [0.4, 0.5) is 23.2 Å². The maximum atomic E-state index is 12.9. The van der Waals surface area contributed by atoms with Crippen molar-refractivity contribution in [2.24, 2.45) is 0 Å². The van der Waals surface area contributed by atoms with Gasteiger partial charge in [0.05, 0.1) is 10.5 Å². The molecule has 0 aliphatic heterocycles. The lowest BCUT2D eigenvalue weighted by Crippen LogP contribution is -2.33. The summed E-state index contributed by atoms with van der Waals surface area (Å²) < 4.78 is 54.1. The summed E-state index contributed by atoms with van der Waals surface area (Å²) in [7, 11) is 0. The number of benzene rings is 2. The van der Waals surface area contributed by atoms with E-state index in [0.717, 1.165) is 18.2 Å². The Morgan fingerprint density at radius 3 is 2.50 bits per heavy atom. The highest BCUT2D eigenvalue weighted by Crippen LogP contribution is 2.28. The minimum absolute atomic E-state index is 0.109. The first-order valence-electron chi connectivity index (χ1n) is 7.11. The van der Waals surface area contributed by atoms with Gasteiger partial charge in [-0.05, 0) is 30.4 Å². The summed E-state index contributed by atoms with van der Waals surface area (Å²) in [4.78, 5) is 22.4. The number of alkyl halides is 4. The van der Waals surface area contributed by atoms with Crippen molar-refractivity contribution in [3.8, 4) is 5.75 Å². The number of carbonyl (C=O) groups excluding carboxylic acids is 1. The molecule has 0 atom stereocenters. The SMILES string of the molecule is O=C(/C=C/c1ccccc1[N+](=O)[O-])c1cccc(OC(F)(F)C(F)F)c1. The number of ether oxygens (including phenoxy) is 1. The minimum atomic E-state index is -4.69. The topological polar surface area (TPSA) is 69.4 Å². The number of nitrogens with zero attached hydrogens (tertiary/aromatic N) is 1. The lowest BCUT2D eigenvalue weighted by atomic mass is 10.1. The van der Waals surface area contributed by atoms with Crippen LogP contribution in [0, 0.1) is 10.1 Å². The monoisotopic (exact) mass is 369 g/mol. The van der Waals surface area contributed by atoms with Crippen LogP contribution in [0.1, 0.15) is 15.9 Å². The molecule has 0 amide bonds. The maximum Gasteiger partial charge on any atom is 0.461 e. The number of allylic oxidation sites excluding steroid dienone is 1. The second-order valence-corrected chi connectivity index (χ2v) is 5.01. The fourth-order valence-electron chi connectivity index (χ4n) is 1.97. The first-order valence-corrected chi connectivity index (χ1v) is 7.11. The molecular weight excluding hydrogens is 358 g/mol. The Balaban J connectivity index is 2.21.